The van der Waals surface area contributed by atoms with Gasteiger partial charge in [0.25, 0.3) is 0 Å². The molecule has 1 saturated heterocycles. The summed E-state index contributed by atoms with van der Waals surface area (Å²) in [5.74, 6) is -0.503. The van der Waals surface area contributed by atoms with E-state index in [1.165, 1.54) is 12.1 Å². The number of nitriles is 1. The lowest BCUT2D eigenvalue weighted by Gasteiger charge is -2.25. The van der Waals surface area contributed by atoms with Gasteiger partial charge in [0.05, 0.1) is 34.4 Å². The van der Waals surface area contributed by atoms with Crippen molar-refractivity contribution in [3.05, 3.63) is 64.5 Å². The van der Waals surface area contributed by atoms with Gasteiger partial charge in [0.2, 0.25) is 0 Å². The molecule has 1 unspecified atom stereocenters. The number of hydrogen-bond acceptors (Lipinski definition) is 5. The van der Waals surface area contributed by atoms with E-state index in [1.54, 1.807) is 17.4 Å². The highest BCUT2D eigenvalue weighted by molar-refractivity contribution is 7.13. The fourth-order valence-electron chi connectivity index (χ4n) is 3.59. The summed E-state index contributed by atoms with van der Waals surface area (Å²) in [7, 11) is 0. The molecule has 1 N–H and O–H groups in total. The van der Waals surface area contributed by atoms with Crippen LogP contribution in [-0.4, -0.2) is 30.8 Å². The first-order chi connectivity index (χ1) is 13.7. The van der Waals surface area contributed by atoms with Gasteiger partial charge in [0, 0.05) is 25.1 Å². The third kappa shape index (κ3) is 3.69. The second-order valence-corrected chi connectivity index (χ2v) is 7.67. The van der Waals surface area contributed by atoms with Crippen LogP contribution in [0.5, 0.6) is 0 Å². The van der Waals surface area contributed by atoms with Crippen molar-refractivity contribution in [2.45, 2.75) is 19.4 Å². The monoisotopic (exact) mass is 393 g/mol. The molecule has 2 heterocycles. The maximum absolute atomic E-state index is 14.3. The van der Waals surface area contributed by atoms with E-state index >= 15 is 0 Å². The van der Waals surface area contributed by atoms with Crippen LogP contribution in [0.1, 0.15) is 16.8 Å². The van der Waals surface area contributed by atoms with Crippen molar-refractivity contribution in [2.24, 2.45) is 0 Å². The van der Waals surface area contributed by atoms with Crippen LogP contribution in [0, 0.1) is 24.1 Å². The van der Waals surface area contributed by atoms with Gasteiger partial charge in [-0.3, -0.25) is 0 Å². The highest BCUT2D eigenvalue weighted by Crippen LogP contribution is 2.39. The van der Waals surface area contributed by atoms with Crippen molar-refractivity contribution in [2.75, 3.05) is 19.7 Å². The zero-order chi connectivity index (χ0) is 19.5. The summed E-state index contributed by atoms with van der Waals surface area (Å²) in [4.78, 5) is 5.50. The number of thiazole rings is 1. The minimum absolute atomic E-state index is 0.0529. The first-order valence-electron chi connectivity index (χ1n) is 9.22. The molecule has 1 fully saturated rings. The molecule has 4 nitrogen and oxygen atoms in total. The summed E-state index contributed by atoms with van der Waals surface area (Å²) in [6, 6.07) is 12.8. The van der Waals surface area contributed by atoms with Gasteiger partial charge in [-0.2, -0.15) is 5.26 Å². The molecule has 0 radical (unpaired) electrons. The van der Waals surface area contributed by atoms with Crippen molar-refractivity contribution in [1.82, 2.24) is 10.3 Å². The molecule has 2 aromatic carbocycles. The largest absolute Gasteiger partial charge is 0.375 e. The number of morpholine rings is 1. The zero-order valence-electron chi connectivity index (χ0n) is 15.5. The molecule has 1 atom stereocenters. The zero-order valence-corrected chi connectivity index (χ0v) is 16.4. The second kappa shape index (κ2) is 8.19. The van der Waals surface area contributed by atoms with Gasteiger partial charge in [-0.05, 0) is 35.7 Å². The Kier molecular flexibility index (Phi) is 5.49. The van der Waals surface area contributed by atoms with Crippen molar-refractivity contribution >= 4 is 11.3 Å². The molecule has 1 aromatic heterocycles. The molecule has 4 rings (SSSR count). The van der Waals surface area contributed by atoms with Gasteiger partial charge >= 0.3 is 0 Å². The standard InChI is InChI=1S/C22H20FN3OS/c1-14-22(28-13-26-14)21-16(9-18-12-25-7-8-27-18)3-2-4-19(21)15-5-6-17(11-24)20(23)10-15/h2-6,10,13,18,25H,7-9,12H2,1H3. The SMILES string of the molecule is Cc1ncsc1-c1c(CC2CNCCO2)cccc1-c1ccc(C#N)c(F)c1. The van der Waals surface area contributed by atoms with E-state index in [1.807, 2.05) is 30.6 Å². The Labute approximate surface area is 167 Å². The number of nitrogens with zero attached hydrogens (tertiary/aromatic N) is 2. The average Bonchev–Trinajstić information content (AvgIpc) is 3.14. The molecule has 0 saturated carbocycles. The smallest absolute Gasteiger partial charge is 0.141 e. The van der Waals surface area contributed by atoms with Crippen LogP contribution in [0.3, 0.4) is 0 Å². The van der Waals surface area contributed by atoms with Gasteiger partial charge < -0.3 is 10.1 Å². The van der Waals surface area contributed by atoms with E-state index in [0.717, 1.165) is 52.3 Å². The Morgan fingerprint density at radius 2 is 2.25 bits per heavy atom. The molecule has 1 aliphatic rings. The molecular weight excluding hydrogens is 373 g/mol. The summed E-state index contributed by atoms with van der Waals surface area (Å²) >= 11 is 1.59. The van der Waals surface area contributed by atoms with E-state index < -0.39 is 5.82 Å². The lowest BCUT2D eigenvalue weighted by molar-refractivity contribution is 0.0293. The summed E-state index contributed by atoms with van der Waals surface area (Å²) in [5, 5.41) is 12.4. The maximum atomic E-state index is 14.3. The first kappa shape index (κ1) is 18.8. The van der Waals surface area contributed by atoms with Crippen LogP contribution in [0.2, 0.25) is 0 Å². The van der Waals surface area contributed by atoms with Crippen LogP contribution in [-0.2, 0) is 11.2 Å². The van der Waals surface area contributed by atoms with E-state index in [9.17, 15) is 4.39 Å². The minimum Gasteiger partial charge on any atom is -0.375 e. The second-order valence-electron chi connectivity index (χ2n) is 6.81. The molecule has 6 heteroatoms. The number of benzene rings is 2. The summed E-state index contributed by atoms with van der Waals surface area (Å²) in [6.07, 6.45) is 0.875. The number of aromatic nitrogens is 1. The number of rotatable bonds is 4. The Bertz CT molecular complexity index is 1030. The van der Waals surface area contributed by atoms with Gasteiger partial charge in [-0.25, -0.2) is 9.37 Å². The van der Waals surface area contributed by atoms with E-state index in [0.29, 0.717) is 6.61 Å². The Balaban J connectivity index is 1.84. The first-order valence-corrected chi connectivity index (χ1v) is 10.1. The Morgan fingerprint density at radius 3 is 2.93 bits per heavy atom. The highest BCUT2D eigenvalue weighted by Gasteiger charge is 2.21. The van der Waals surface area contributed by atoms with Crippen molar-refractivity contribution < 1.29 is 9.13 Å². The van der Waals surface area contributed by atoms with E-state index in [2.05, 4.69) is 16.4 Å². The fraction of sp³-hybridized carbons (Fsp3) is 0.273. The van der Waals surface area contributed by atoms with Crippen molar-refractivity contribution in [3.8, 4) is 27.6 Å². The van der Waals surface area contributed by atoms with Crippen molar-refractivity contribution in [1.29, 1.82) is 5.26 Å². The average molecular weight is 393 g/mol. The Hall–Kier alpha value is -2.59. The predicted molar refractivity (Wildman–Crippen MR) is 109 cm³/mol. The predicted octanol–water partition coefficient (Wildman–Crippen LogP) is 4.33. The summed E-state index contributed by atoms with van der Waals surface area (Å²) < 4.78 is 20.2. The molecule has 0 bridgehead atoms. The molecule has 142 valence electrons. The third-order valence-electron chi connectivity index (χ3n) is 4.98. The molecule has 0 spiro atoms. The van der Waals surface area contributed by atoms with Crippen LogP contribution < -0.4 is 5.32 Å². The van der Waals surface area contributed by atoms with E-state index in [4.69, 9.17) is 10.00 Å². The normalized spacial score (nSPS) is 16.7. The highest BCUT2D eigenvalue weighted by atomic mass is 32.1. The van der Waals surface area contributed by atoms with Crippen LogP contribution >= 0.6 is 11.3 Å². The van der Waals surface area contributed by atoms with Crippen molar-refractivity contribution in [3.63, 3.8) is 0 Å². The molecule has 0 aliphatic carbocycles. The lowest BCUT2D eigenvalue weighted by Crippen LogP contribution is -2.39. The lowest BCUT2D eigenvalue weighted by atomic mass is 9.90. The van der Waals surface area contributed by atoms with Gasteiger partial charge in [0.1, 0.15) is 11.9 Å². The van der Waals surface area contributed by atoms with Crippen LogP contribution in [0.25, 0.3) is 21.6 Å². The molecule has 3 aromatic rings. The van der Waals surface area contributed by atoms with Crippen LogP contribution in [0.4, 0.5) is 4.39 Å². The fourth-order valence-corrected chi connectivity index (χ4v) is 4.49. The van der Waals surface area contributed by atoms with E-state index in [-0.39, 0.29) is 11.7 Å². The topological polar surface area (TPSA) is 57.9 Å². The number of ether oxygens (including phenoxy) is 1. The summed E-state index contributed by atoms with van der Waals surface area (Å²) in [6.45, 7) is 4.39. The number of hydrogen-bond donors (Lipinski definition) is 1. The number of halogens is 1. The van der Waals surface area contributed by atoms with Crippen LogP contribution in [0.15, 0.2) is 41.9 Å². The molecule has 0 amide bonds. The van der Waals surface area contributed by atoms with Gasteiger partial charge in [-0.15, -0.1) is 11.3 Å². The maximum Gasteiger partial charge on any atom is 0.141 e. The minimum atomic E-state index is -0.503. The molecule has 1 aliphatic heterocycles. The quantitative estimate of drug-likeness (QED) is 0.717. The summed E-state index contributed by atoms with van der Waals surface area (Å²) in [5.41, 5.74) is 6.76. The van der Waals surface area contributed by atoms with Gasteiger partial charge in [0.15, 0.2) is 0 Å². The number of aryl methyl sites for hydroxylation is 1. The molecule has 28 heavy (non-hydrogen) atoms. The number of nitrogens with one attached hydrogen (secondary N) is 1. The molecular formula is C22H20FN3OS. The Morgan fingerprint density at radius 1 is 1.36 bits per heavy atom. The third-order valence-corrected chi connectivity index (χ3v) is 5.92. The van der Waals surface area contributed by atoms with Gasteiger partial charge in [-0.1, -0.05) is 24.3 Å².